The van der Waals surface area contributed by atoms with E-state index in [1.807, 2.05) is 6.20 Å². The predicted molar refractivity (Wildman–Crippen MR) is 76.7 cm³/mol. The Morgan fingerprint density at radius 1 is 1.35 bits per heavy atom. The Labute approximate surface area is 116 Å². The summed E-state index contributed by atoms with van der Waals surface area (Å²) in [5.41, 5.74) is 0. The third-order valence-electron chi connectivity index (χ3n) is 3.88. The number of hydrogen-bond donors (Lipinski definition) is 1. The predicted octanol–water partition coefficient (Wildman–Crippen LogP) is 4.83. The number of halogens is 1. The van der Waals surface area contributed by atoms with Crippen LogP contribution in [0.25, 0.3) is 0 Å². The Morgan fingerprint density at radius 2 is 2.00 bits per heavy atom. The first kappa shape index (κ1) is 13.2. The van der Waals surface area contributed by atoms with Crippen LogP contribution in [0.4, 0.5) is 0 Å². The highest BCUT2D eigenvalue weighted by Gasteiger charge is 2.25. The molecule has 1 aromatic rings. The fourth-order valence-electron chi connectivity index (χ4n) is 2.66. The van der Waals surface area contributed by atoms with Crippen molar-refractivity contribution in [2.45, 2.75) is 45.4 Å². The topological polar surface area (TPSA) is 28.7 Å². The molecule has 0 atom stereocenters. The van der Waals surface area contributed by atoms with Crippen molar-refractivity contribution in [2.24, 2.45) is 11.8 Å². The molecule has 0 aromatic carbocycles. The molecule has 4 heteroatoms. The number of rotatable bonds is 2. The van der Waals surface area contributed by atoms with Gasteiger partial charge < -0.3 is 4.98 Å². The number of aromatic amines is 1. The monoisotopic (exact) mass is 314 g/mol. The molecule has 1 aliphatic carbocycles. The van der Waals surface area contributed by atoms with Crippen LogP contribution in [0.3, 0.4) is 0 Å². The minimum atomic E-state index is 0.569. The van der Waals surface area contributed by atoms with Gasteiger partial charge in [-0.15, -0.1) is 0 Å². The smallest absolute Gasteiger partial charge is 0.120 e. The second-order valence-electron chi connectivity index (χ2n) is 5.30. The first-order chi connectivity index (χ1) is 8.08. The van der Waals surface area contributed by atoms with Gasteiger partial charge in [0, 0.05) is 12.1 Å². The molecule has 1 aromatic heterocycles. The zero-order valence-electron chi connectivity index (χ0n) is 10.4. The molecule has 94 valence electrons. The van der Waals surface area contributed by atoms with Crippen LogP contribution in [0, 0.1) is 16.5 Å². The van der Waals surface area contributed by atoms with Crippen molar-refractivity contribution in [1.29, 1.82) is 0 Å². The van der Waals surface area contributed by atoms with Crippen LogP contribution in [0.1, 0.15) is 51.3 Å². The van der Waals surface area contributed by atoms with E-state index in [0.29, 0.717) is 5.92 Å². The second-order valence-corrected chi connectivity index (χ2v) is 6.56. The van der Waals surface area contributed by atoms with Gasteiger partial charge in [-0.2, -0.15) is 0 Å². The molecule has 1 aliphatic rings. The molecule has 2 rings (SSSR count). The van der Waals surface area contributed by atoms with E-state index in [1.54, 1.807) is 0 Å². The van der Waals surface area contributed by atoms with Crippen molar-refractivity contribution >= 4 is 28.1 Å². The number of nitrogens with zero attached hydrogens (tertiary/aromatic N) is 1. The summed E-state index contributed by atoms with van der Waals surface area (Å²) < 4.78 is 1.65. The highest BCUT2D eigenvalue weighted by molar-refractivity contribution is 9.10. The van der Waals surface area contributed by atoms with Crippen LogP contribution in [-0.4, -0.2) is 9.97 Å². The van der Waals surface area contributed by atoms with E-state index in [1.165, 1.54) is 25.7 Å². The third-order valence-corrected chi connectivity index (χ3v) is 5.06. The van der Waals surface area contributed by atoms with Crippen molar-refractivity contribution in [1.82, 2.24) is 9.97 Å². The largest absolute Gasteiger partial charge is 0.334 e. The normalized spacial score (nSPS) is 25.2. The van der Waals surface area contributed by atoms with Gasteiger partial charge in [0.05, 0.1) is 4.47 Å². The van der Waals surface area contributed by atoms with Crippen molar-refractivity contribution < 1.29 is 0 Å². The van der Waals surface area contributed by atoms with E-state index < -0.39 is 0 Å². The minimum absolute atomic E-state index is 0.569. The summed E-state index contributed by atoms with van der Waals surface area (Å²) >= 11 is 8.62. The summed E-state index contributed by atoms with van der Waals surface area (Å²) in [5, 5.41) is 0. The van der Waals surface area contributed by atoms with Gasteiger partial charge in [0.1, 0.15) is 10.5 Å². The summed E-state index contributed by atoms with van der Waals surface area (Å²) in [6.45, 7) is 4.66. The SMILES string of the molecule is CC(C)C1CCC(c2ncc(Br)c(=S)[nH]2)CC1. The molecule has 17 heavy (non-hydrogen) atoms. The van der Waals surface area contributed by atoms with Crippen molar-refractivity contribution in [2.75, 3.05) is 0 Å². The van der Waals surface area contributed by atoms with E-state index >= 15 is 0 Å². The Morgan fingerprint density at radius 3 is 2.53 bits per heavy atom. The van der Waals surface area contributed by atoms with Gasteiger partial charge >= 0.3 is 0 Å². The molecular formula is C13H19BrN2S. The Kier molecular flexibility index (Phi) is 4.36. The van der Waals surface area contributed by atoms with Gasteiger partial charge in [0.2, 0.25) is 0 Å². The lowest BCUT2D eigenvalue weighted by atomic mass is 9.77. The maximum absolute atomic E-state index is 5.23. The van der Waals surface area contributed by atoms with Gasteiger partial charge in [0.15, 0.2) is 0 Å². The Balaban J connectivity index is 2.05. The number of H-pyrrole nitrogens is 1. The molecule has 1 saturated carbocycles. The summed E-state index contributed by atoms with van der Waals surface area (Å²) in [6, 6.07) is 0. The van der Waals surface area contributed by atoms with Gasteiger partial charge in [-0.25, -0.2) is 4.98 Å². The highest BCUT2D eigenvalue weighted by atomic mass is 79.9. The standard InChI is InChI=1S/C13H19BrN2S/c1-8(2)9-3-5-10(6-4-9)12-15-7-11(14)13(17)16-12/h7-10H,3-6H2,1-2H3,(H,15,16,17). The lowest BCUT2D eigenvalue weighted by Crippen LogP contribution is -2.18. The maximum atomic E-state index is 5.23. The van der Waals surface area contributed by atoms with Crippen LogP contribution in [0.15, 0.2) is 10.7 Å². The first-order valence-electron chi connectivity index (χ1n) is 6.32. The van der Waals surface area contributed by atoms with E-state index in [9.17, 15) is 0 Å². The van der Waals surface area contributed by atoms with Crippen molar-refractivity contribution in [3.63, 3.8) is 0 Å². The van der Waals surface area contributed by atoms with Crippen LogP contribution < -0.4 is 0 Å². The zero-order valence-corrected chi connectivity index (χ0v) is 12.8. The molecule has 0 amide bonds. The average Bonchev–Trinajstić information content (AvgIpc) is 2.33. The molecule has 0 unspecified atom stereocenters. The molecule has 1 N–H and O–H groups in total. The fraction of sp³-hybridized carbons (Fsp3) is 0.692. The van der Waals surface area contributed by atoms with E-state index in [0.717, 1.165) is 26.8 Å². The average molecular weight is 315 g/mol. The molecule has 0 aliphatic heterocycles. The van der Waals surface area contributed by atoms with Crippen LogP contribution in [0.2, 0.25) is 0 Å². The molecule has 0 bridgehead atoms. The molecular weight excluding hydrogens is 296 g/mol. The molecule has 1 fully saturated rings. The third kappa shape index (κ3) is 3.16. The summed E-state index contributed by atoms with van der Waals surface area (Å²) in [4.78, 5) is 7.71. The van der Waals surface area contributed by atoms with Gasteiger partial charge in [-0.3, -0.25) is 0 Å². The van der Waals surface area contributed by atoms with E-state index in [2.05, 4.69) is 39.7 Å². The molecule has 0 spiro atoms. The molecule has 1 heterocycles. The second kappa shape index (κ2) is 5.61. The van der Waals surface area contributed by atoms with Crippen LogP contribution in [0.5, 0.6) is 0 Å². The Bertz CT molecular complexity index is 433. The highest BCUT2D eigenvalue weighted by Crippen LogP contribution is 2.37. The van der Waals surface area contributed by atoms with Crippen molar-refractivity contribution in [3.8, 4) is 0 Å². The zero-order chi connectivity index (χ0) is 12.4. The summed E-state index contributed by atoms with van der Waals surface area (Å²) in [7, 11) is 0. The van der Waals surface area contributed by atoms with Crippen LogP contribution in [-0.2, 0) is 0 Å². The van der Waals surface area contributed by atoms with Gasteiger partial charge in [-0.05, 0) is 53.4 Å². The number of nitrogens with one attached hydrogen (secondary N) is 1. The van der Waals surface area contributed by atoms with Gasteiger partial charge in [0.25, 0.3) is 0 Å². The van der Waals surface area contributed by atoms with Crippen molar-refractivity contribution in [3.05, 3.63) is 21.1 Å². The minimum Gasteiger partial charge on any atom is -0.334 e. The maximum Gasteiger partial charge on any atom is 0.120 e. The number of aromatic nitrogens is 2. The van der Waals surface area contributed by atoms with E-state index in [4.69, 9.17) is 12.2 Å². The lowest BCUT2D eigenvalue weighted by molar-refractivity contribution is 0.254. The molecule has 0 saturated heterocycles. The Hall–Kier alpha value is -0.220. The summed E-state index contributed by atoms with van der Waals surface area (Å²) in [5.74, 6) is 3.34. The number of hydrogen-bond acceptors (Lipinski definition) is 2. The van der Waals surface area contributed by atoms with Gasteiger partial charge in [-0.1, -0.05) is 26.1 Å². The first-order valence-corrected chi connectivity index (χ1v) is 7.52. The summed E-state index contributed by atoms with van der Waals surface area (Å²) in [6.07, 6.45) is 6.94. The fourth-order valence-corrected chi connectivity index (χ4v) is 3.02. The quantitative estimate of drug-likeness (QED) is 0.792. The molecule has 0 radical (unpaired) electrons. The van der Waals surface area contributed by atoms with Crippen LogP contribution >= 0.6 is 28.1 Å². The lowest BCUT2D eigenvalue weighted by Gasteiger charge is -2.30. The van der Waals surface area contributed by atoms with E-state index in [-0.39, 0.29) is 0 Å². The molecule has 2 nitrogen and oxygen atoms in total.